The van der Waals surface area contributed by atoms with E-state index in [1.54, 1.807) is 5.56 Å². The van der Waals surface area contributed by atoms with Gasteiger partial charge in [-0.2, -0.15) is 39.9 Å². The number of rotatable bonds is 2. The summed E-state index contributed by atoms with van der Waals surface area (Å²) in [5, 5.41) is 2.79. The van der Waals surface area contributed by atoms with Gasteiger partial charge in [-0.1, -0.05) is 66.0 Å². The zero-order chi connectivity index (χ0) is 19.9. The molecule has 0 unspecified atom stereocenters. The fourth-order valence-corrected chi connectivity index (χ4v) is 3.46. The summed E-state index contributed by atoms with van der Waals surface area (Å²) >= 11 is 6.32. The summed E-state index contributed by atoms with van der Waals surface area (Å²) in [6, 6.07) is 10.8. The van der Waals surface area contributed by atoms with Crippen LogP contribution >= 0.6 is 24.4 Å². The van der Waals surface area contributed by atoms with Gasteiger partial charge in [0, 0.05) is 0 Å². The zero-order valence-corrected chi connectivity index (χ0v) is 22.7. The van der Waals surface area contributed by atoms with Crippen molar-refractivity contribution in [3.63, 3.8) is 0 Å². The van der Waals surface area contributed by atoms with Crippen LogP contribution in [0.3, 0.4) is 0 Å². The van der Waals surface area contributed by atoms with Crippen LogP contribution in [0.2, 0.25) is 0 Å². The Hall–Kier alpha value is 0.0231. The Balaban J connectivity index is 0.000000227. The van der Waals surface area contributed by atoms with E-state index in [1.165, 1.54) is 57.0 Å². The minimum atomic E-state index is -0.145. The Bertz CT molecular complexity index is 763. The first-order chi connectivity index (χ1) is 12.3. The van der Waals surface area contributed by atoms with E-state index in [0.29, 0.717) is 0 Å². The molecule has 140 valence electrons. The molecule has 0 N–H and O–H groups in total. The Morgan fingerprint density at radius 1 is 0.962 bits per heavy atom. The predicted octanol–water partition coefficient (Wildman–Crippen LogP) is 8.46. The van der Waals surface area contributed by atoms with Gasteiger partial charge in [-0.15, -0.1) is 28.5 Å². The van der Waals surface area contributed by atoms with Crippen molar-refractivity contribution in [2.24, 2.45) is 0 Å². The minimum absolute atomic E-state index is 0.145. The normalized spacial score (nSPS) is 9.88. The van der Waals surface area contributed by atoms with E-state index >= 15 is 0 Å². The molecule has 3 aromatic rings. The molecule has 0 amide bonds. The van der Waals surface area contributed by atoms with E-state index in [1.807, 2.05) is 0 Å². The Morgan fingerprint density at radius 2 is 1.54 bits per heavy atom. The second kappa shape index (κ2) is 11.8. The maximum absolute atomic E-state index is 3.23. The van der Waals surface area contributed by atoms with Crippen molar-refractivity contribution >= 4 is 35.2 Å². The van der Waals surface area contributed by atoms with Crippen LogP contribution in [0.15, 0.2) is 30.3 Å². The molecule has 0 bridgehead atoms. The summed E-state index contributed by atoms with van der Waals surface area (Å²) in [5.41, 5.74) is 10.4. The van der Waals surface area contributed by atoms with Crippen molar-refractivity contribution < 1.29 is 18.5 Å². The van der Waals surface area contributed by atoms with Gasteiger partial charge >= 0.3 is 43.0 Å². The van der Waals surface area contributed by atoms with Gasteiger partial charge in [-0.3, -0.25) is 0 Å². The van der Waals surface area contributed by atoms with Gasteiger partial charge < -0.3 is 0 Å². The third kappa shape index (κ3) is 6.01. The Labute approximate surface area is 183 Å². The number of benzene rings is 1. The molecule has 0 aliphatic heterocycles. The van der Waals surface area contributed by atoms with E-state index in [-0.39, 0.29) is 18.5 Å². The van der Waals surface area contributed by atoms with Crippen LogP contribution in [0.4, 0.5) is 0 Å². The van der Waals surface area contributed by atoms with Gasteiger partial charge in [0.25, 0.3) is 0 Å². The van der Waals surface area contributed by atoms with Gasteiger partial charge in [0.05, 0.1) is 0 Å². The molecule has 0 aliphatic rings. The van der Waals surface area contributed by atoms with Crippen molar-refractivity contribution in [2.75, 3.05) is 0 Å². The molecular weight excluding hydrogens is 527 g/mol. The number of halogens is 2. The summed E-state index contributed by atoms with van der Waals surface area (Å²) in [6.07, 6.45) is 2.50. The molecule has 0 nitrogen and oxygen atoms in total. The van der Waals surface area contributed by atoms with E-state index in [0.717, 1.165) is 0 Å². The van der Waals surface area contributed by atoms with Crippen LogP contribution in [-0.2, 0) is 25.0 Å². The maximum atomic E-state index is 3.23. The summed E-state index contributed by atoms with van der Waals surface area (Å²) in [6.45, 7) is 15.5. The third-order valence-corrected chi connectivity index (χ3v) is 5.34. The van der Waals surface area contributed by atoms with Crippen molar-refractivity contribution in [2.45, 2.75) is 61.3 Å². The summed E-state index contributed by atoms with van der Waals surface area (Å²) in [4.78, 5) is 0. The van der Waals surface area contributed by atoms with Crippen LogP contribution in [-0.4, -0.2) is 0 Å². The van der Waals surface area contributed by atoms with Gasteiger partial charge in [0.15, 0.2) is 0 Å². The molecule has 0 heterocycles. The van der Waals surface area contributed by atoms with Gasteiger partial charge in [-0.05, 0) is 6.92 Å². The molecule has 0 aromatic heterocycles. The summed E-state index contributed by atoms with van der Waals surface area (Å²) in [7, 11) is 0. The number of hydrogen-bond donors (Lipinski definition) is 0. The summed E-state index contributed by atoms with van der Waals surface area (Å²) in [5.74, 6) is 0. The molecule has 0 aliphatic carbocycles. The molecule has 26 heavy (non-hydrogen) atoms. The zero-order valence-electron chi connectivity index (χ0n) is 17.1. The van der Waals surface area contributed by atoms with Crippen LogP contribution in [0.25, 0.3) is 10.8 Å². The van der Waals surface area contributed by atoms with E-state index in [9.17, 15) is 0 Å². The van der Waals surface area contributed by atoms with Gasteiger partial charge in [0.2, 0.25) is 0 Å². The van der Waals surface area contributed by atoms with Crippen molar-refractivity contribution in [3.8, 4) is 0 Å². The van der Waals surface area contributed by atoms with Crippen LogP contribution in [0, 0.1) is 41.5 Å². The Morgan fingerprint density at radius 3 is 2.00 bits per heavy atom. The summed E-state index contributed by atoms with van der Waals surface area (Å²) < 4.78 is 0. The fraction of sp³-hybridized carbons (Fsp3) is 0.391. The third-order valence-electron chi connectivity index (χ3n) is 5.34. The molecule has 0 fully saturated rings. The monoisotopic (exact) mass is 554 g/mol. The van der Waals surface area contributed by atoms with Crippen molar-refractivity contribution in [3.05, 3.63) is 69.3 Å². The number of fused-ring (bicyclic) bond motifs is 1. The van der Waals surface area contributed by atoms with Gasteiger partial charge in [-0.25, -0.2) is 0 Å². The first kappa shape index (κ1) is 24.1. The van der Waals surface area contributed by atoms with Crippen LogP contribution in [0.1, 0.15) is 52.3 Å². The average Bonchev–Trinajstić information content (AvgIpc) is 3.18. The van der Waals surface area contributed by atoms with E-state index in [2.05, 4.69) is 103 Å². The SMILES string of the molecule is CCCc1c(C)c(C)c(C)[c-]1C.Cc1ccc(C)c2[cH-]ccc12.[Br][Zr+2][Br]. The predicted molar refractivity (Wildman–Crippen MR) is 122 cm³/mol. The molecule has 0 spiro atoms. The van der Waals surface area contributed by atoms with E-state index < -0.39 is 0 Å². The molecule has 0 saturated heterocycles. The number of aryl methyl sites for hydroxylation is 2. The first-order valence-corrected chi connectivity index (χ1v) is 20.3. The number of hydrogen-bond acceptors (Lipinski definition) is 0. The molecule has 3 aromatic carbocycles. The second-order valence-corrected chi connectivity index (χ2v) is 18.2. The molecule has 0 radical (unpaired) electrons. The quantitative estimate of drug-likeness (QED) is 0.278. The first-order valence-electron chi connectivity index (χ1n) is 9.09. The molecular formula is C23H30Br2Zr. The van der Waals surface area contributed by atoms with Gasteiger partial charge in [0.1, 0.15) is 0 Å². The standard InChI is InChI=1S/C12H19.C11H11.2BrH.Zr/c1-6-7-12-10(4)8(2)9(3)11(12)5;1-8-6-7-9(2)11-5-3-4-10(8)11;;;/h6-7H2,1-5H3;3-7H,1-2H3;2*1H;/q2*-1;;;+4/p-2. The second-order valence-electron chi connectivity index (χ2n) is 6.85. The van der Waals surface area contributed by atoms with Crippen molar-refractivity contribution in [1.29, 1.82) is 0 Å². The van der Waals surface area contributed by atoms with Crippen LogP contribution < -0.4 is 0 Å². The average molecular weight is 558 g/mol. The van der Waals surface area contributed by atoms with Crippen LogP contribution in [0.5, 0.6) is 0 Å². The molecule has 0 atom stereocenters. The molecule has 0 saturated carbocycles. The fourth-order valence-electron chi connectivity index (χ4n) is 3.46. The van der Waals surface area contributed by atoms with Crippen molar-refractivity contribution in [1.82, 2.24) is 0 Å². The molecule has 3 heteroatoms. The molecule has 3 rings (SSSR count). The topological polar surface area (TPSA) is 0 Å². The Kier molecular flexibility index (Phi) is 10.9. The van der Waals surface area contributed by atoms with E-state index in [4.69, 9.17) is 0 Å².